The molecule has 0 fully saturated rings. The molecule has 1 aromatic heterocycles. The molecule has 1 aliphatic carbocycles. The van der Waals surface area contributed by atoms with Crippen LogP contribution in [0.4, 0.5) is 0 Å². The fraction of sp³-hybridized carbons (Fsp3) is 0.0556. The fourth-order valence-electron chi connectivity index (χ4n) is 12.5. The van der Waals surface area contributed by atoms with Gasteiger partial charge in [-0.05, 0) is 164 Å². The summed E-state index contributed by atoms with van der Waals surface area (Å²) in [4.78, 5) is 11.0. The molecule has 2 heteroatoms. The number of rotatable bonds is 6. The lowest BCUT2D eigenvalue weighted by molar-refractivity contribution is 0.748. The van der Waals surface area contributed by atoms with Crippen molar-refractivity contribution in [1.82, 2.24) is 4.98 Å². The highest BCUT2D eigenvalue weighted by Crippen LogP contribution is 2.45. The van der Waals surface area contributed by atoms with E-state index < -0.39 is 0 Å². The second kappa shape index (κ2) is 17.2. The van der Waals surface area contributed by atoms with Gasteiger partial charge < -0.3 is 0 Å². The van der Waals surface area contributed by atoms with Crippen molar-refractivity contribution in [2.24, 2.45) is 4.99 Å². The van der Waals surface area contributed by atoms with Crippen LogP contribution in [0.3, 0.4) is 0 Å². The lowest BCUT2D eigenvalue weighted by Gasteiger charge is -2.22. The molecule has 346 valence electrons. The summed E-state index contributed by atoms with van der Waals surface area (Å²) in [6.45, 7) is 0. The van der Waals surface area contributed by atoms with Gasteiger partial charge in [0.25, 0.3) is 0 Å². The Bertz CT molecular complexity index is 4510. The Balaban J connectivity index is 0.938. The Labute approximate surface area is 429 Å². The van der Waals surface area contributed by atoms with E-state index in [4.69, 9.17) is 9.98 Å². The Kier molecular flexibility index (Phi) is 9.88. The minimum atomic E-state index is 0.0309. The fourth-order valence-corrected chi connectivity index (χ4v) is 12.5. The first-order valence-corrected chi connectivity index (χ1v) is 26.0. The molecule has 2 aliphatic rings. The van der Waals surface area contributed by atoms with E-state index in [2.05, 4.69) is 249 Å². The van der Waals surface area contributed by atoms with Gasteiger partial charge in [-0.15, -0.1) is 0 Å². The molecule has 0 saturated carbocycles. The maximum absolute atomic E-state index is 5.69. The van der Waals surface area contributed by atoms with E-state index in [1.165, 1.54) is 109 Å². The van der Waals surface area contributed by atoms with Crippen LogP contribution in [0, 0.1) is 0 Å². The normalized spacial score (nSPS) is 14.6. The average Bonchev–Trinajstić information content (AvgIpc) is 3.51. The lowest BCUT2D eigenvalue weighted by Crippen LogP contribution is -2.10. The summed E-state index contributed by atoms with van der Waals surface area (Å²) in [7, 11) is 0. The zero-order valence-electron chi connectivity index (χ0n) is 40.8. The maximum Gasteiger partial charge on any atom is 0.0796 e. The molecule has 2 heterocycles. The van der Waals surface area contributed by atoms with Crippen LogP contribution < -0.4 is 0 Å². The highest BCUT2D eigenvalue weighted by Gasteiger charge is 2.23. The monoisotopic (exact) mass is 940 g/mol. The van der Waals surface area contributed by atoms with Gasteiger partial charge in [0.1, 0.15) is 0 Å². The molecule has 0 N–H and O–H groups in total. The minimum absolute atomic E-state index is 0.0309. The van der Waals surface area contributed by atoms with Crippen molar-refractivity contribution in [2.75, 3.05) is 0 Å². The van der Waals surface area contributed by atoms with Crippen molar-refractivity contribution < 1.29 is 0 Å². The molecule has 1 atom stereocenters. The van der Waals surface area contributed by atoms with Crippen molar-refractivity contribution in [3.63, 3.8) is 0 Å². The van der Waals surface area contributed by atoms with Crippen LogP contribution in [0.5, 0.6) is 0 Å². The number of dihydropyridines is 1. The first-order valence-electron chi connectivity index (χ1n) is 26.0. The summed E-state index contributed by atoms with van der Waals surface area (Å²) in [5.74, 6) is 0. The molecule has 0 saturated heterocycles. The Morgan fingerprint density at radius 2 is 0.878 bits per heavy atom. The number of fused-ring (bicyclic) bond motifs is 15. The van der Waals surface area contributed by atoms with E-state index >= 15 is 0 Å². The van der Waals surface area contributed by atoms with Gasteiger partial charge in [0.2, 0.25) is 0 Å². The van der Waals surface area contributed by atoms with Gasteiger partial charge in [-0.1, -0.05) is 218 Å². The van der Waals surface area contributed by atoms with Gasteiger partial charge in [-0.25, -0.2) is 4.98 Å². The van der Waals surface area contributed by atoms with Crippen LogP contribution in [0.2, 0.25) is 0 Å². The molecular formula is C72H48N2. The highest BCUT2D eigenvalue weighted by molar-refractivity contribution is 6.26. The Hall–Kier alpha value is -9.24. The van der Waals surface area contributed by atoms with Crippen molar-refractivity contribution in [3.8, 4) is 33.5 Å². The molecule has 15 rings (SSSR count). The Morgan fingerprint density at radius 3 is 1.57 bits per heavy atom. The second-order valence-electron chi connectivity index (χ2n) is 20.2. The van der Waals surface area contributed by atoms with E-state index in [-0.39, 0.29) is 6.04 Å². The van der Waals surface area contributed by atoms with Gasteiger partial charge in [-0.3, -0.25) is 4.99 Å². The topological polar surface area (TPSA) is 25.2 Å². The number of aromatic nitrogens is 1. The van der Waals surface area contributed by atoms with E-state index in [9.17, 15) is 0 Å². The first-order chi connectivity index (χ1) is 36.7. The predicted molar refractivity (Wildman–Crippen MR) is 315 cm³/mol. The van der Waals surface area contributed by atoms with Crippen LogP contribution in [0.25, 0.3) is 121 Å². The molecule has 74 heavy (non-hydrogen) atoms. The number of aryl methyl sites for hydroxylation is 1. The summed E-state index contributed by atoms with van der Waals surface area (Å²) in [5.41, 5.74) is 16.4. The third kappa shape index (κ3) is 6.94. The minimum Gasteiger partial charge on any atom is -0.276 e. The summed E-state index contributed by atoms with van der Waals surface area (Å²) in [6.07, 6.45) is 9.94. The van der Waals surface area contributed by atoms with Gasteiger partial charge in [-0.2, -0.15) is 0 Å². The number of benzene rings is 12. The number of allylic oxidation sites excluding steroid dienone is 2. The molecule has 0 bridgehead atoms. The van der Waals surface area contributed by atoms with Crippen LogP contribution in [0.15, 0.2) is 248 Å². The van der Waals surface area contributed by atoms with E-state index in [0.717, 1.165) is 58.1 Å². The molecular weight excluding hydrogens is 893 g/mol. The van der Waals surface area contributed by atoms with E-state index in [0.29, 0.717) is 0 Å². The van der Waals surface area contributed by atoms with Crippen LogP contribution in [-0.4, -0.2) is 10.7 Å². The molecule has 13 aromatic rings. The third-order valence-corrected chi connectivity index (χ3v) is 16.0. The lowest BCUT2D eigenvalue weighted by atomic mass is 9.85. The van der Waals surface area contributed by atoms with Crippen LogP contribution >= 0.6 is 0 Å². The molecule has 2 nitrogen and oxygen atoms in total. The molecule has 0 amide bonds. The molecule has 12 aromatic carbocycles. The zero-order valence-corrected chi connectivity index (χ0v) is 40.8. The maximum atomic E-state index is 5.69. The average molecular weight is 941 g/mol. The summed E-state index contributed by atoms with van der Waals surface area (Å²) < 4.78 is 0. The predicted octanol–water partition coefficient (Wildman–Crippen LogP) is 19.1. The number of pyridine rings is 1. The molecule has 1 aliphatic heterocycles. The van der Waals surface area contributed by atoms with E-state index in [1.54, 1.807) is 0 Å². The smallest absolute Gasteiger partial charge is 0.0796 e. The van der Waals surface area contributed by atoms with Gasteiger partial charge in [0, 0.05) is 16.3 Å². The highest BCUT2D eigenvalue weighted by atomic mass is 14.8. The van der Waals surface area contributed by atoms with E-state index in [1.807, 2.05) is 0 Å². The Morgan fingerprint density at radius 1 is 0.365 bits per heavy atom. The number of aliphatic imine (C=N–C) groups is 1. The molecule has 0 spiro atoms. The summed E-state index contributed by atoms with van der Waals surface area (Å²) in [5, 5.41) is 16.4. The third-order valence-electron chi connectivity index (χ3n) is 16.0. The first kappa shape index (κ1) is 42.4. The van der Waals surface area contributed by atoms with Crippen molar-refractivity contribution >= 4 is 92.9 Å². The zero-order chi connectivity index (χ0) is 48.7. The van der Waals surface area contributed by atoms with Crippen LogP contribution in [0.1, 0.15) is 46.7 Å². The van der Waals surface area contributed by atoms with Gasteiger partial charge in [0.05, 0.1) is 23.0 Å². The number of hydrogen-bond acceptors (Lipinski definition) is 2. The second-order valence-corrected chi connectivity index (χ2v) is 20.2. The SMILES string of the molecule is C1=Cc2c(c3ccccc3c3cc(-c4cc(-c5ccc(C6=CC(c7ccccc7)=NC(c7ccccc7)C6)cc5)nc5c4cc(-c4ccc6c7ccccc7c7ccccc7c6c4)c4ccccc45)ccc23)CC1. The van der Waals surface area contributed by atoms with Gasteiger partial charge >= 0.3 is 0 Å². The van der Waals surface area contributed by atoms with Gasteiger partial charge in [0.15, 0.2) is 0 Å². The van der Waals surface area contributed by atoms with Crippen molar-refractivity contribution in [2.45, 2.75) is 25.3 Å². The quantitative estimate of drug-likeness (QED) is 0.153. The largest absolute Gasteiger partial charge is 0.276 e. The number of nitrogens with zero attached hydrogens (tertiary/aromatic N) is 2. The summed E-state index contributed by atoms with van der Waals surface area (Å²) in [6, 6.07) is 85.1. The molecule has 0 radical (unpaired) electrons. The standard InChI is InChI=1S/C72H48N2/c1-3-17-46(18-4-1)69-41-51(42-70(73-69)47-19-5-2-6-20-47)45-31-33-48(34-32-45)71-44-65(50-36-38-62-57-26-10-8-22-53(57)55-24-12-14-28-59(55)67(62)40-50)68-43-64(60-29-15-16-30-63(60)72(68)74-71)49-35-37-61-56-25-9-7-21-52(56)54-23-11-13-27-58(54)66(61)39-49/h1-7,9-21,23-41,43-44,70H,8,22,42H2. The van der Waals surface area contributed by atoms with Crippen LogP contribution in [-0.2, 0) is 6.42 Å². The molecule has 1 unspecified atom stereocenters. The number of hydrogen-bond donors (Lipinski definition) is 0. The van der Waals surface area contributed by atoms with Crippen molar-refractivity contribution in [3.05, 3.63) is 270 Å². The summed E-state index contributed by atoms with van der Waals surface area (Å²) >= 11 is 0. The van der Waals surface area contributed by atoms with Crippen molar-refractivity contribution in [1.29, 1.82) is 0 Å².